The zero-order valence-corrected chi connectivity index (χ0v) is 12.9. The van der Waals surface area contributed by atoms with Gasteiger partial charge in [-0.05, 0) is 18.4 Å². The van der Waals surface area contributed by atoms with E-state index in [1.807, 2.05) is 30.3 Å². The van der Waals surface area contributed by atoms with Gasteiger partial charge in [-0.1, -0.05) is 37.2 Å². The molecule has 0 radical (unpaired) electrons. The van der Waals surface area contributed by atoms with E-state index in [-0.39, 0.29) is 32.8 Å². The Labute approximate surface area is 136 Å². The molecule has 7 nitrogen and oxygen atoms in total. The number of nitrogens with two attached hydrogens (primary N) is 2. The quantitative estimate of drug-likeness (QED) is 0.561. The molecule has 0 saturated heterocycles. The van der Waals surface area contributed by atoms with Crippen LogP contribution in [0, 0.1) is 0 Å². The van der Waals surface area contributed by atoms with E-state index >= 15 is 0 Å². The van der Waals surface area contributed by atoms with Crippen LogP contribution in [0.5, 0.6) is 0 Å². The van der Waals surface area contributed by atoms with Gasteiger partial charge in [-0.15, -0.1) is 0 Å². The molecular formula is C16H23N3O4. The van der Waals surface area contributed by atoms with Crippen molar-refractivity contribution in [3.63, 3.8) is 0 Å². The van der Waals surface area contributed by atoms with Crippen LogP contribution in [-0.2, 0) is 25.7 Å². The molecule has 1 unspecified atom stereocenters. The molecule has 0 aliphatic heterocycles. The first kappa shape index (κ1) is 17.0. The van der Waals surface area contributed by atoms with Crippen molar-refractivity contribution in [1.82, 2.24) is 5.32 Å². The molecule has 2 amide bonds. The fourth-order valence-electron chi connectivity index (χ4n) is 1.77. The van der Waals surface area contributed by atoms with E-state index < -0.39 is 29.9 Å². The van der Waals surface area contributed by atoms with Crippen LogP contribution in [0.2, 0.25) is 0 Å². The molecule has 2 atom stereocenters. The third kappa shape index (κ3) is 6.92. The molecule has 0 aliphatic carbocycles. The lowest BCUT2D eigenvalue weighted by atomic mass is 10.1. The third-order valence-electron chi connectivity index (χ3n) is 3.19. The van der Waals surface area contributed by atoms with Crippen molar-refractivity contribution < 1.29 is 20.5 Å². The Morgan fingerprint density at radius 2 is 2.00 bits per heavy atom. The first-order chi connectivity index (χ1) is 11.4. The maximum Gasteiger partial charge on any atom is 0.306 e. The van der Waals surface area contributed by atoms with E-state index in [0.29, 0.717) is 0 Å². The molecule has 7 heteroatoms. The first-order valence-electron chi connectivity index (χ1n) is 7.98. The van der Waals surface area contributed by atoms with Gasteiger partial charge in [0.2, 0.25) is 11.8 Å². The van der Waals surface area contributed by atoms with Gasteiger partial charge in [-0.3, -0.25) is 14.4 Å². The third-order valence-corrected chi connectivity index (χ3v) is 3.19. The van der Waals surface area contributed by atoms with Gasteiger partial charge in [0.1, 0.15) is 12.6 Å². The molecule has 1 aromatic carbocycles. The Balaban J connectivity index is 2.41. The average molecular weight is 322 g/mol. The summed E-state index contributed by atoms with van der Waals surface area (Å²) in [5, 5.41) is 2.40. The molecule has 0 bridgehead atoms. The summed E-state index contributed by atoms with van der Waals surface area (Å²) >= 11 is 0. The van der Waals surface area contributed by atoms with Crippen molar-refractivity contribution in [2.24, 2.45) is 11.5 Å². The minimum atomic E-state index is -1.00. The van der Waals surface area contributed by atoms with E-state index in [9.17, 15) is 14.4 Å². The zero-order valence-electron chi connectivity index (χ0n) is 13.9. The number of primary amides is 1. The number of carbonyl (C=O) groups is 3. The molecular weight excluding hydrogens is 298 g/mol. The number of hydrogen-bond donors (Lipinski definition) is 3. The second-order valence-electron chi connectivity index (χ2n) is 5.04. The van der Waals surface area contributed by atoms with Gasteiger partial charge in [0.25, 0.3) is 0 Å². The van der Waals surface area contributed by atoms with Gasteiger partial charge in [0.05, 0.1) is 6.04 Å². The van der Waals surface area contributed by atoms with Crippen molar-refractivity contribution in [2.45, 2.75) is 44.9 Å². The summed E-state index contributed by atoms with van der Waals surface area (Å²) in [5.74, 6) is -1.81. The Morgan fingerprint density at radius 3 is 2.61 bits per heavy atom. The maximum absolute atomic E-state index is 11.8. The Kier molecular flexibility index (Phi) is 7.06. The number of benzene rings is 1. The Bertz CT molecular complexity index is 554. The monoisotopic (exact) mass is 322 g/mol. The second-order valence-corrected chi connectivity index (χ2v) is 5.04. The molecule has 0 spiro atoms. The normalized spacial score (nSPS) is 13.5. The standard InChI is InChI=1S/C16H23N3O4/c1-2-12(17)16(22)19-13(15(18)21)8-9-14(20)23-10-11-6-4-3-5-7-11/h3-7,12-13H,2,8-10,17H2,1H3,(H2,18,21)(H,19,22)/t12?,13-/m0/s1/i1D. The van der Waals surface area contributed by atoms with E-state index in [4.69, 9.17) is 17.6 Å². The number of amides is 2. The predicted molar refractivity (Wildman–Crippen MR) is 84.9 cm³/mol. The Hall–Kier alpha value is -2.41. The molecule has 0 aliphatic rings. The lowest BCUT2D eigenvalue weighted by Gasteiger charge is -2.17. The van der Waals surface area contributed by atoms with E-state index in [0.717, 1.165) is 5.56 Å². The molecule has 126 valence electrons. The molecule has 0 aromatic heterocycles. The number of nitrogens with one attached hydrogen (secondary N) is 1. The highest BCUT2D eigenvalue weighted by Crippen LogP contribution is 2.05. The summed E-state index contributed by atoms with van der Waals surface area (Å²) in [4.78, 5) is 34.9. The van der Waals surface area contributed by atoms with Crippen LogP contribution in [-0.4, -0.2) is 29.9 Å². The highest BCUT2D eigenvalue weighted by molar-refractivity contribution is 5.89. The number of ether oxygens (including phenoxy) is 1. The fourth-order valence-corrected chi connectivity index (χ4v) is 1.77. The number of hydrogen-bond acceptors (Lipinski definition) is 5. The average Bonchev–Trinajstić information content (AvgIpc) is 2.57. The molecule has 23 heavy (non-hydrogen) atoms. The van der Waals surface area contributed by atoms with Crippen molar-refractivity contribution in [3.8, 4) is 0 Å². The van der Waals surface area contributed by atoms with Crippen LogP contribution >= 0.6 is 0 Å². The molecule has 5 N–H and O–H groups in total. The minimum Gasteiger partial charge on any atom is -0.461 e. The van der Waals surface area contributed by atoms with Crippen LogP contribution in [0.15, 0.2) is 30.3 Å². The number of esters is 1. The van der Waals surface area contributed by atoms with Gasteiger partial charge >= 0.3 is 5.97 Å². The summed E-state index contributed by atoms with van der Waals surface area (Å²) in [5.41, 5.74) is 11.6. The molecule has 0 fully saturated rings. The second kappa shape index (κ2) is 9.58. The predicted octanol–water partition coefficient (Wildman–Crippen LogP) is 0.217. The molecule has 1 rings (SSSR count). The van der Waals surface area contributed by atoms with E-state index in [1.54, 1.807) is 0 Å². The lowest BCUT2D eigenvalue weighted by molar-refractivity contribution is -0.145. The van der Waals surface area contributed by atoms with Crippen LogP contribution in [0.1, 0.15) is 33.1 Å². The fraction of sp³-hybridized carbons (Fsp3) is 0.438. The van der Waals surface area contributed by atoms with E-state index in [2.05, 4.69) is 5.32 Å². The first-order valence-corrected chi connectivity index (χ1v) is 7.28. The highest BCUT2D eigenvalue weighted by atomic mass is 16.5. The molecule has 0 heterocycles. The summed E-state index contributed by atoms with van der Waals surface area (Å²) in [7, 11) is 0. The minimum absolute atomic E-state index is 0.00162. The van der Waals surface area contributed by atoms with Crippen LogP contribution in [0.4, 0.5) is 0 Å². The topological polar surface area (TPSA) is 125 Å². The van der Waals surface area contributed by atoms with Gasteiger partial charge in [-0.2, -0.15) is 0 Å². The summed E-state index contributed by atoms with van der Waals surface area (Å²) in [6.07, 6.45) is 0.146. The maximum atomic E-state index is 11.8. The van der Waals surface area contributed by atoms with Crippen molar-refractivity contribution >= 4 is 17.8 Å². The largest absolute Gasteiger partial charge is 0.461 e. The van der Waals surface area contributed by atoms with Gasteiger partial charge < -0.3 is 21.5 Å². The zero-order chi connectivity index (χ0) is 17.9. The van der Waals surface area contributed by atoms with Crippen molar-refractivity contribution in [2.75, 3.05) is 0 Å². The van der Waals surface area contributed by atoms with Crippen LogP contribution in [0.3, 0.4) is 0 Å². The number of carbonyl (C=O) groups excluding carboxylic acids is 3. The highest BCUT2D eigenvalue weighted by Gasteiger charge is 2.22. The van der Waals surface area contributed by atoms with Crippen molar-refractivity contribution in [3.05, 3.63) is 35.9 Å². The van der Waals surface area contributed by atoms with Gasteiger partial charge in [0, 0.05) is 7.79 Å². The Morgan fingerprint density at radius 1 is 1.30 bits per heavy atom. The smallest absolute Gasteiger partial charge is 0.306 e. The summed E-state index contributed by atoms with van der Waals surface area (Å²) in [6, 6.07) is 7.30. The molecule has 1 aromatic rings. The number of rotatable bonds is 9. The SMILES string of the molecule is [2H]CCC(N)C(=O)N[C@@H](CCC(=O)OCc1ccccc1)C(N)=O. The van der Waals surface area contributed by atoms with E-state index in [1.165, 1.54) is 0 Å². The van der Waals surface area contributed by atoms with Gasteiger partial charge in [-0.25, -0.2) is 0 Å². The summed E-state index contributed by atoms with van der Waals surface area (Å²) in [6.45, 7) is 0.142. The van der Waals surface area contributed by atoms with Crippen LogP contribution < -0.4 is 16.8 Å². The van der Waals surface area contributed by atoms with Gasteiger partial charge in [0.15, 0.2) is 0 Å². The van der Waals surface area contributed by atoms with Crippen molar-refractivity contribution in [1.29, 1.82) is 0 Å². The molecule has 0 saturated carbocycles. The summed E-state index contributed by atoms with van der Waals surface area (Å²) < 4.78 is 12.1. The van der Waals surface area contributed by atoms with Crippen LogP contribution in [0.25, 0.3) is 0 Å². The lowest BCUT2D eigenvalue weighted by Crippen LogP contribution is -2.50.